The first-order valence-electron chi connectivity index (χ1n) is 10.7. The van der Waals surface area contributed by atoms with E-state index in [0.717, 1.165) is 18.4 Å². The van der Waals surface area contributed by atoms with Crippen LogP contribution in [0.5, 0.6) is 0 Å². The van der Waals surface area contributed by atoms with E-state index in [9.17, 15) is 22.0 Å². The minimum absolute atomic E-state index is 0.153. The number of aryl methyl sites for hydroxylation is 1. The summed E-state index contributed by atoms with van der Waals surface area (Å²) in [5.41, 5.74) is 0.0943. The third kappa shape index (κ3) is 5.25. The summed E-state index contributed by atoms with van der Waals surface area (Å²) in [5, 5.41) is 0.644. The van der Waals surface area contributed by atoms with E-state index in [4.69, 9.17) is 0 Å². The van der Waals surface area contributed by atoms with Gasteiger partial charge >= 0.3 is 6.18 Å². The van der Waals surface area contributed by atoms with Crippen molar-refractivity contribution in [2.45, 2.75) is 19.0 Å². The minimum Gasteiger partial charge on any atom is -0.206 e. The third-order valence-corrected chi connectivity index (χ3v) is 5.53. The molecule has 176 valence electrons. The number of allylic oxidation sites excluding steroid dienone is 1. The van der Waals surface area contributed by atoms with Gasteiger partial charge in [-0.15, -0.1) is 6.58 Å². The lowest BCUT2D eigenvalue weighted by molar-refractivity contribution is -0.142. The average molecular weight is 480 g/mol. The molecular weight excluding hydrogens is 462 g/mol. The molecule has 4 rings (SSSR count). The molecule has 4 aromatic rings. The highest BCUT2D eigenvalue weighted by Gasteiger charge is 2.38. The molecule has 0 aliphatic rings. The maximum atomic E-state index is 15.2. The summed E-state index contributed by atoms with van der Waals surface area (Å²) in [6.45, 7) is 3.71. The van der Waals surface area contributed by atoms with Crippen molar-refractivity contribution in [2.75, 3.05) is 0 Å². The van der Waals surface area contributed by atoms with E-state index in [1.807, 2.05) is 30.3 Å². The van der Waals surface area contributed by atoms with Gasteiger partial charge in [-0.2, -0.15) is 13.2 Å². The van der Waals surface area contributed by atoms with Crippen molar-refractivity contribution >= 4 is 10.8 Å². The average Bonchev–Trinajstić information content (AvgIpc) is 2.81. The molecule has 0 unspecified atom stereocenters. The van der Waals surface area contributed by atoms with Crippen molar-refractivity contribution < 1.29 is 26.3 Å². The highest BCUT2D eigenvalue weighted by Crippen LogP contribution is 2.37. The molecule has 0 aliphatic heterocycles. The monoisotopic (exact) mass is 480 g/mol. The largest absolute Gasteiger partial charge is 0.422 e. The van der Waals surface area contributed by atoms with Gasteiger partial charge in [0.1, 0.15) is 23.0 Å². The predicted octanol–water partition coefficient (Wildman–Crippen LogP) is 8.46. The standard InChI is InChI=1S/C29H18F6/c1-2-3-4-18-5-7-19(8-6-18)9-10-20-11-13-23-21(15-20)12-14-24(28(23)32)22-16-25(30)27(26(31)17-22)29(33,34)35/h2,5-8,11-17H,1,3-4H2. The Bertz CT molecular complexity index is 1440. The molecule has 0 radical (unpaired) electrons. The van der Waals surface area contributed by atoms with E-state index >= 15 is 4.39 Å². The molecule has 0 atom stereocenters. The lowest BCUT2D eigenvalue weighted by Gasteiger charge is -2.12. The van der Waals surface area contributed by atoms with E-state index in [1.54, 1.807) is 12.1 Å². The van der Waals surface area contributed by atoms with E-state index in [2.05, 4.69) is 18.4 Å². The number of fused-ring (bicyclic) bond motifs is 1. The summed E-state index contributed by atoms with van der Waals surface area (Å²) in [6.07, 6.45) is -1.54. The van der Waals surface area contributed by atoms with E-state index in [-0.39, 0.29) is 16.5 Å². The Kier molecular flexibility index (Phi) is 6.70. The Hall–Kier alpha value is -3.98. The van der Waals surface area contributed by atoms with Gasteiger partial charge < -0.3 is 0 Å². The molecule has 0 fully saturated rings. The Morgan fingerprint density at radius 2 is 1.40 bits per heavy atom. The van der Waals surface area contributed by atoms with Gasteiger partial charge in [-0.1, -0.05) is 48.2 Å². The van der Waals surface area contributed by atoms with Crippen LogP contribution in [-0.4, -0.2) is 0 Å². The highest BCUT2D eigenvalue weighted by atomic mass is 19.4. The first kappa shape index (κ1) is 24.2. The number of benzene rings is 4. The van der Waals surface area contributed by atoms with Crippen molar-refractivity contribution in [1.82, 2.24) is 0 Å². The molecule has 0 N–H and O–H groups in total. The number of hydrogen-bond acceptors (Lipinski definition) is 0. The molecule has 0 aliphatic carbocycles. The molecule has 0 spiro atoms. The summed E-state index contributed by atoms with van der Waals surface area (Å²) < 4.78 is 81.6. The van der Waals surface area contributed by atoms with E-state index in [0.29, 0.717) is 23.1 Å². The third-order valence-electron chi connectivity index (χ3n) is 5.53. The zero-order chi connectivity index (χ0) is 25.2. The van der Waals surface area contributed by atoms with Crippen LogP contribution in [0.2, 0.25) is 0 Å². The zero-order valence-electron chi connectivity index (χ0n) is 18.3. The summed E-state index contributed by atoms with van der Waals surface area (Å²) in [6, 6.07) is 16.4. The zero-order valence-corrected chi connectivity index (χ0v) is 18.3. The van der Waals surface area contributed by atoms with Gasteiger partial charge in [0.25, 0.3) is 0 Å². The van der Waals surface area contributed by atoms with Crippen LogP contribution in [-0.2, 0) is 12.6 Å². The second-order valence-electron chi connectivity index (χ2n) is 7.95. The van der Waals surface area contributed by atoms with Crippen LogP contribution in [0.4, 0.5) is 26.3 Å². The minimum atomic E-state index is -5.19. The molecule has 0 saturated carbocycles. The van der Waals surface area contributed by atoms with Gasteiger partial charge in [-0.05, 0) is 65.8 Å². The van der Waals surface area contributed by atoms with Gasteiger partial charge in [0.2, 0.25) is 0 Å². The molecule has 6 heteroatoms. The van der Waals surface area contributed by atoms with Crippen molar-refractivity contribution in [3.63, 3.8) is 0 Å². The number of halogens is 6. The molecule has 35 heavy (non-hydrogen) atoms. The molecule has 0 nitrogen and oxygen atoms in total. The van der Waals surface area contributed by atoms with E-state index in [1.165, 1.54) is 23.8 Å². The Labute approximate surface area is 198 Å². The molecule has 0 heterocycles. The van der Waals surface area contributed by atoms with Gasteiger partial charge in [0, 0.05) is 22.1 Å². The van der Waals surface area contributed by atoms with Crippen molar-refractivity contribution in [3.8, 4) is 23.0 Å². The second kappa shape index (κ2) is 9.71. The number of alkyl halides is 3. The first-order chi connectivity index (χ1) is 16.7. The summed E-state index contributed by atoms with van der Waals surface area (Å²) >= 11 is 0. The summed E-state index contributed by atoms with van der Waals surface area (Å²) in [4.78, 5) is 0. The molecule has 4 aromatic carbocycles. The maximum Gasteiger partial charge on any atom is 0.422 e. The van der Waals surface area contributed by atoms with Crippen LogP contribution < -0.4 is 0 Å². The summed E-state index contributed by atoms with van der Waals surface area (Å²) in [5.74, 6) is 1.68. The number of hydrogen-bond donors (Lipinski definition) is 0. The lowest BCUT2D eigenvalue weighted by atomic mass is 9.97. The fourth-order valence-corrected chi connectivity index (χ4v) is 3.76. The van der Waals surface area contributed by atoms with Crippen molar-refractivity contribution in [2.24, 2.45) is 0 Å². The first-order valence-corrected chi connectivity index (χ1v) is 10.7. The summed E-state index contributed by atoms with van der Waals surface area (Å²) in [7, 11) is 0. The Morgan fingerprint density at radius 3 is 2.03 bits per heavy atom. The number of rotatable bonds is 4. The predicted molar refractivity (Wildman–Crippen MR) is 125 cm³/mol. The SMILES string of the molecule is C=CCCc1ccc(C#Cc2ccc3c(F)c(-c4cc(F)c(C(F)(F)F)c(F)c4)ccc3c2)cc1. The molecule has 0 aromatic heterocycles. The van der Waals surface area contributed by atoms with Gasteiger partial charge in [0.05, 0.1) is 0 Å². The van der Waals surface area contributed by atoms with Crippen LogP contribution >= 0.6 is 0 Å². The van der Waals surface area contributed by atoms with Crippen LogP contribution in [0.3, 0.4) is 0 Å². The van der Waals surface area contributed by atoms with E-state index < -0.39 is 29.2 Å². The van der Waals surface area contributed by atoms with Crippen molar-refractivity contribution in [1.29, 1.82) is 0 Å². The fraction of sp³-hybridized carbons (Fsp3) is 0.103. The molecule has 0 amide bonds. The van der Waals surface area contributed by atoms with Crippen LogP contribution in [0.1, 0.15) is 28.7 Å². The fourth-order valence-electron chi connectivity index (χ4n) is 3.76. The molecule has 0 saturated heterocycles. The molecular formula is C29H18F6. The Balaban J connectivity index is 1.64. The van der Waals surface area contributed by atoms with Gasteiger partial charge in [0.15, 0.2) is 0 Å². The van der Waals surface area contributed by atoms with Gasteiger partial charge in [-0.3, -0.25) is 0 Å². The quantitative estimate of drug-likeness (QED) is 0.156. The molecule has 0 bridgehead atoms. The smallest absolute Gasteiger partial charge is 0.206 e. The second-order valence-corrected chi connectivity index (χ2v) is 7.95. The highest BCUT2D eigenvalue weighted by molar-refractivity contribution is 5.89. The van der Waals surface area contributed by atoms with Gasteiger partial charge in [-0.25, -0.2) is 13.2 Å². The topological polar surface area (TPSA) is 0 Å². The van der Waals surface area contributed by atoms with Crippen LogP contribution in [0.15, 0.2) is 79.4 Å². The van der Waals surface area contributed by atoms with Crippen LogP contribution in [0.25, 0.3) is 21.9 Å². The normalized spacial score (nSPS) is 11.3. The van der Waals surface area contributed by atoms with Crippen LogP contribution in [0, 0.1) is 29.3 Å². The van der Waals surface area contributed by atoms with Crippen molar-refractivity contribution in [3.05, 3.63) is 119 Å². The maximum absolute atomic E-state index is 15.2. The Morgan fingerprint density at radius 1 is 0.771 bits per heavy atom. The lowest BCUT2D eigenvalue weighted by Crippen LogP contribution is -2.11.